The van der Waals surface area contributed by atoms with E-state index < -0.39 is 0 Å². The molecule has 4 N–H and O–H groups in total. The molecule has 0 amide bonds. The summed E-state index contributed by atoms with van der Waals surface area (Å²) in [6.07, 6.45) is 15.9. The summed E-state index contributed by atoms with van der Waals surface area (Å²) in [6.45, 7) is 18.1. The van der Waals surface area contributed by atoms with E-state index in [4.69, 9.17) is 0 Å². The minimum atomic E-state index is 0.136. The molecule has 2 aromatic carbocycles. The number of benzene rings is 2. The molecule has 0 aromatic heterocycles. The summed E-state index contributed by atoms with van der Waals surface area (Å²) in [5.41, 5.74) is 5.48. The zero-order valence-electron chi connectivity index (χ0n) is 31.9. The zero-order valence-corrected chi connectivity index (χ0v) is 31.9. The van der Waals surface area contributed by atoms with Crippen molar-refractivity contribution in [2.24, 2.45) is 35.5 Å². The van der Waals surface area contributed by atoms with Crippen molar-refractivity contribution in [2.75, 3.05) is 0 Å². The van der Waals surface area contributed by atoms with Gasteiger partial charge in [-0.15, -0.1) is 0 Å². The first-order valence-corrected chi connectivity index (χ1v) is 20.0. The van der Waals surface area contributed by atoms with E-state index in [1.54, 1.807) is 0 Å². The van der Waals surface area contributed by atoms with Crippen LogP contribution in [0.2, 0.25) is 0 Å². The highest BCUT2D eigenvalue weighted by Crippen LogP contribution is 2.53. The monoisotopic (exact) mass is 663 g/mol. The number of rotatable bonds is 15. The third-order valence-electron chi connectivity index (χ3n) is 12.5. The van der Waals surface area contributed by atoms with Crippen LogP contribution in [0, 0.1) is 35.5 Å². The molecule has 6 atom stereocenters. The Morgan fingerprint density at radius 1 is 0.562 bits per heavy atom. The summed E-state index contributed by atoms with van der Waals surface area (Å²) in [5.74, 6) is 4.30. The van der Waals surface area contributed by atoms with Crippen molar-refractivity contribution >= 4 is 0 Å². The Balaban J connectivity index is 1.81. The van der Waals surface area contributed by atoms with Gasteiger partial charge in [-0.2, -0.15) is 0 Å². The Labute approximate surface area is 293 Å². The molecular weight excluding hydrogens is 592 g/mol. The molecule has 0 aliphatic heterocycles. The van der Waals surface area contributed by atoms with Gasteiger partial charge in [0.1, 0.15) is 23.0 Å². The van der Waals surface area contributed by atoms with Gasteiger partial charge in [0.15, 0.2) is 0 Å². The summed E-state index contributed by atoms with van der Waals surface area (Å²) in [4.78, 5) is 0. The molecule has 0 unspecified atom stereocenters. The molecule has 0 spiro atoms. The molecule has 2 aliphatic carbocycles. The smallest absolute Gasteiger partial charge is 0.126 e. The first-order chi connectivity index (χ1) is 22.9. The molecule has 0 bridgehead atoms. The number of phenolic OH excluding ortho intramolecular Hbond substituents is 4. The van der Waals surface area contributed by atoms with Gasteiger partial charge in [0, 0.05) is 11.1 Å². The molecule has 4 heteroatoms. The van der Waals surface area contributed by atoms with E-state index in [9.17, 15) is 20.4 Å². The predicted octanol–water partition coefficient (Wildman–Crippen LogP) is 12.1. The van der Waals surface area contributed by atoms with Crippen LogP contribution in [0.5, 0.6) is 23.0 Å². The van der Waals surface area contributed by atoms with E-state index >= 15 is 0 Å². The Morgan fingerprint density at radius 3 is 1.27 bits per heavy atom. The predicted molar refractivity (Wildman–Crippen MR) is 202 cm³/mol. The van der Waals surface area contributed by atoms with Crippen LogP contribution in [0.25, 0.3) is 0 Å². The fourth-order valence-electron chi connectivity index (χ4n) is 9.72. The Bertz CT molecular complexity index is 1220. The van der Waals surface area contributed by atoms with Gasteiger partial charge in [-0.3, -0.25) is 0 Å². The standard InChI is InChI=1S/C44H70O4/c1-9-11-13-15-31-25-39(45)41(37-23-29(7)17-19-33(37)27(3)4)43(47)35(31)21-22-36-32(16-14-12-10-2)26-40(46)42(44(36)48)38-24-30(8)18-20-34(38)28(5)6/h25-30,33-34,37-38,45-48H,9-24H2,1-8H3/t29-,30+,33-,34-,37+,38+/m0/s1. The van der Waals surface area contributed by atoms with E-state index in [0.29, 0.717) is 59.8 Å². The summed E-state index contributed by atoms with van der Waals surface area (Å²) in [6, 6.07) is 3.94. The minimum Gasteiger partial charge on any atom is -0.508 e. The molecule has 4 nitrogen and oxygen atoms in total. The van der Waals surface area contributed by atoms with Crippen LogP contribution in [-0.4, -0.2) is 20.4 Å². The maximum Gasteiger partial charge on any atom is 0.126 e. The first kappa shape index (κ1) is 38.4. The Morgan fingerprint density at radius 2 is 0.938 bits per heavy atom. The molecular formula is C44H70O4. The lowest BCUT2D eigenvalue weighted by Gasteiger charge is -2.39. The third-order valence-corrected chi connectivity index (χ3v) is 12.5. The summed E-state index contributed by atoms with van der Waals surface area (Å²) < 4.78 is 0. The number of hydrogen-bond acceptors (Lipinski definition) is 4. The topological polar surface area (TPSA) is 80.9 Å². The molecule has 2 aliphatic rings. The van der Waals surface area contributed by atoms with E-state index in [1.165, 1.54) is 12.8 Å². The van der Waals surface area contributed by atoms with Crippen LogP contribution < -0.4 is 0 Å². The van der Waals surface area contributed by atoms with E-state index in [0.717, 1.165) is 110 Å². The van der Waals surface area contributed by atoms with Gasteiger partial charge < -0.3 is 20.4 Å². The molecule has 0 radical (unpaired) electrons. The lowest BCUT2D eigenvalue weighted by atomic mass is 9.66. The third kappa shape index (κ3) is 8.86. The van der Waals surface area contributed by atoms with Gasteiger partial charge in [0.05, 0.1) is 0 Å². The van der Waals surface area contributed by atoms with Crippen LogP contribution in [0.3, 0.4) is 0 Å². The second kappa shape index (κ2) is 17.5. The Kier molecular flexibility index (Phi) is 14.0. The molecule has 2 fully saturated rings. The van der Waals surface area contributed by atoms with Crippen molar-refractivity contribution in [3.05, 3.63) is 45.5 Å². The van der Waals surface area contributed by atoms with Crippen molar-refractivity contribution in [3.8, 4) is 23.0 Å². The van der Waals surface area contributed by atoms with Crippen molar-refractivity contribution in [2.45, 2.75) is 170 Å². The van der Waals surface area contributed by atoms with Gasteiger partial charge in [-0.25, -0.2) is 0 Å². The second-order valence-electron chi connectivity index (χ2n) is 16.9. The van der Waals surface area contributed by atoms with Crippen LogP contribution in [0.4, 0.5) is 0 Å². The van der Waals surface area contributed by atoms with Crippen molar-refractivity contribution in [3.63, 3.8) is 0 Å². The van der Waals surface area contributed by atoms with Crippen LogP contribution >= 0.6 is 0 Å². The van der Waals surface area contributed by atoms with Crippen LogP contribution in [-0.2, 0) is 25.7 Å². The number of hydrogen-bond donors (Lipinski definition) is 4. The maximum atomic E-state index is 12.2. The average molecular weight is 663 g/mol. The van der Waals surface area contributed by atoms with E-state index in [1.807, 2.05) is 12.1 Å². The van der Waals surface area contributed by atoms with Crippen molar-refractivity contribution in [1.82, 2.24) is 0 Å². The lowest BCUT2D eigenvalue weighted by molar-refractivity contribution is 0.191. The molecule has 2 aromatic rings. The van der Waals surface area contributed by atoms with Crippen LogP contribution in [0.1, 0.15) is 178 Å². The molecule has 0 saturated heterocycles. The lowest BCUT2D eigenvalue weighted by Crippen LogP contribution is -2.26. The molecule has 270 valence electrons. The molecule has 4 rings (SSSR count). The van der Waals surface area contributed by atoms with Gasteiger partial charge in [-0.1, -0.05) is 93.9 Å². The average Bonchev–Trinajstić information content (AvgIpc) is 3.02. The van der Waals surface area contributed by atoms with Gasteiger partial charge >= 0.3 is 0 Å². The number of phenols is 4. The van der Waals surface area contributed by atoms with Gasteiger partial charge in [0.2, 0.25) is 0 Å². The van der Waals surface area contributed by atoms with E-state index in [-0.39, 0.29) is 23.3 Å². The highest BCUT2D eigenvalue weighted by molar-refractivity contribution is 5.58. The summed E-state index contributed by atoms with van der Waals surface area (Å²) in [7, 11) is 0. The Hall–Kier alpha value is -2.36. The second-order valence-corrected chi connectivity index (χ2v) is 16.9. The zero-order chi connectivity index (χ0) is 35.1. The maximum absolute atomic E-state index is 12.2. The first-order valence-electron chi connectivity index (χ1n) is 20.0. The molecule has 48 heavy (non-hydrogen) atoms. The highest BCUT2D eigenvalue weighted by atomic mass is 16.3. The quantitative estimate of drug-likeness (QED) is 0.143. The van der Waals surface area contributed by atoms with E-state index in [2.05, 4.69) is 55.4 Å². The normalized spacial score (nSPS) is 24.9. The summed E-state index contributed by atoms with van der Waals surface area (Å²) >= 11 is 0. The van der Waals surface area contributed by atoms with Gasteiger partial charge in [-0.05, 0) is 146 Å². The molecule has 2 saturated carbocycles. The van der Waals surface area contributed by atoms with Gasteiger partial charge in [0.25, 0.3) is 0 Å². The minimum absolute atomic E-state index is 0.136. The number of unbranched alkanes of at least 4 members (excludes halogenated alkanes) is 4. The number of aromatic hydroxyl groups is 4. The van der Waals surface area contributed by atoms with Crippen molar-refractivity contribution in [1.29, 1.82) is 0 Å². The van der Waals surface area contributed by atoms with Crippen LogP contribution in [0.15, 0.2) is 12.1 Å². The summed E-state index contributed by atoms with van der Waals surface area (Å²) in [5, 5.41) is 47.5. The SMILES string of the molecule is CCCCCc1cc(O)c([C@@H]2C[C@H](C)CC[C@H]2C(C)C)c(O)c1CCc1c(CCCCC)cc(O)c([C@@H]2C[C@@H](C)CC[C@H]2C(C)C)c1O. The fourth-order valence-corrected chi connectivity index (χ4v) is 9.72. The fraction of sp³-hybridized carbons (Fsp3) is 0.727. The van der Waals surface area contributed by atoms with Crippen molar-refractivity contribution < 1.29 is 20.4 Å². The highest BCUT2D eigenvalue weighted by Gasteiger charge is 2.38. The number of aryl methyl sites for hydroxylation is 2. The largest absolute Gasteiger partial charge is 0.508 e. The molecule has 0 heterocycles.